The number of nitrogens with one attached hydrogen (secondary N) is 1. The van der Waals surface area contributed by atoms with E-state index in [-0.39, 0.29) is 11.8 Å². The predicted octanol–water partition coefficient (Wildman–Crippen LogP) is 0.452. The number of hydrogen-bond donors (Lipinski definition) is 1. The van der Waals surface area contributed by atoms with E-state index in [1.54, 1.807) is 20.8 Å². The second kappa shape index (κ2) is 4.30. The Labute approximate surface area is 106 Å². The minimum absolute atomic E-state index is 0.0278. The highest BCUT2D eigenvalue weighted by atomic mass is 16.6. The smallest absolute Gasteiger partial charge is 0.407 e. The molecule has 2 aliphatic carbocycles. The molecule has 0 aromatic carbocycles. The number of carboxylic acid groups (broad SMARTS) is 1. The molecule has 0 saturated heterocycles. The van der Waals surface area contributed by atoms with Gasteiger partial charge in [0.25, 0.3) is 0 Å². The number of ether oxygens (including phenoxy) is 1. The van der Waals surface area contributed by atoms with E-state index in [2.05, 4.69) is 5.32 Å². The monoisotopic (exact) mass is 252 g/mol. The topological polar surface area (TPSA) is 78.5 Å². The largest absolute Gasteiger partial charge is 0.550 e. The van der Waals surface area contributed by atoms with Crippen LogP contribution in [0.15, 0.2) is 12.2 Å². The number of hydrogen-bond acceptors (Lipinski definition) is 4. The molecule has 5 heteroatoms. The first-order chi connectivity index (χ1) is 8.28. The molecule has 1 amide bonds. The van der Waals surface area contributed by atoms with Crippen molar-refractivity contribution >= 4 is 12.1 Å². The minimum Gasteiger partial charge on any atom is -0.550 e. The van der Waals surface area contributed by atoms with Crippen molar-refractivity contribution in [2.45, 2.75) is 38.8 Å². The molecular formula is C13H18NO4-. The van der Waals surface area contributed by atoms with Crippen LogP contribution < -0.4 is 10.4 Å². The van der Waals surface area contributed by atoms with Crippen LogP contribution in [0.2, 0.25) is 0 Å². The van der Waals surface area contributed by atoms with E-state index in [1.165, 1.54) is 0 Å². The van der Waals surface area contributed by atoms with Crippen molar-refractivity contribution in [1.82, 2.24) is 5.32 Å². The third kappa shape index (κ3) is 2.49. The average Bonchev–Trinajstić information content (AvgIpc) is 2.73. The van der Waals surface area contributed by atoms with E-state index in [0.717, 1.165) is 6.42 Å². The Morgan fingerprint density at radius 1 is 1.28 bits per heavy atom. The normalized spacial score (nSPS) is 33.5. The van der Waals surface area contributed by atoms with E-state index in [0.29, 0.717) is 0 Å². The van der Waals surface area contributed by atoms with E-state index in [1.807, 2.05) is 12.2 Å². The number of allylic oxidation sites excluding steroid dienone is 1. The van der Waals surface area contributed by atoms with Crippen molar-refractivity contribution in [3.63, 3.8) is 0 Å². The molecule has 1 fully saturated rings. The number of carbonyl (C=O) groups excluding carboxylic acids is 2. The van der Waals surface area contributed by atoms with Crippen LogP contribution in [0.25, 0.3) is 0 Å². The summed E-state index contributed by atoms with van der Waals surface area (Å²) in [4.78, 5) is 22.8. The summed E-state index contributed by atoms with van der Waals surface area (Å²) in [5.41, 5.74) is -0.589. The molecule has 0 radical (unpaired) electrons. The van der Waals surface area contributed by atoms with Gasteiger partial charge >= 0.3 is 6.09 Å². The lowest BCUT2D eigenvalue weighted by molar-refractivity contribution is -0.313. The average molecular weight is 252 g/mol. The van der Waals surface area contributed by atoms with Crippen LogP contribution in [0, 0.1) is 17.8 Å². The second-order valence-corrected chi connectivity index (χ2v) is 5.97. The molecule has 0 aromatic heterocycles. The van der Waals surface area contributed by atoms with Gasteiger partial charge in [-0.2, -0.15) is 0 Å². The molecule has 5 nitrogen and oxygen atoms in total. The molecule has 1 unspecified atom stereocenters. The van der Waals surface area contributed by atoms with Crippen LogP contribution >= 0.6 is 0 Å². The number of rotatable bonds is 2. The fourth-order valence-corrected chi connectivity index (χ4v) is 2.78. The molecule has 2 bridgehead atoms. The number of fused-ring (bicyclic) bond motifs is 2. The van der Waals surface area contributed by atoms with E-state index < -0.39 is 29.6 Å². The first-order valence-corrected chi connectivity index (χ1v) is 6.16. The summed E-state index contributed by atoms with van der Waals surface area (Å²) in [6.07, 6.45) is 4.06. The van der Waals surface area contributed by atoms with Crippen LogP contribution in [0.4, 0.5) is 4.79 Å². The van der Waals surface area contributed by atoms with Crippen LogP contribution in [0.5, 0.6) is 0 Å². The lowest BCUT2D eigenvalue weighted by Gasteiger charge is -2.30. The Balaban J connectivity index is 2.02. The molecule has 100 valence electrons. The van der Waals surface area contributed by atoms with Crippen molar-refractivity contribution < 1.29 is 19.4 Å². The van der Waals surface area contributed by atoms with Gasteiger partial charge in [-0.15, -0.1) is 0 Å². The van der Waals surface area contributed by atoms with Crippen molar-refractivity contribution in [3.05, 3.63) is 12.2 Å². The van der Waals surface area contributed by atoms with Gasteiger partial charge in [-0.3, -0.25) is 0 Å². The highest BCUT2D eigenvalue weighted by Gasteiger charge is 2.46. The Morgan fingerprint density at radius 2 is 1.89 bits per heavy atom. The summed E-state index contributed by atoms with van der Waals surface area (Å²) >= 11 is 0. The van der Waals surface area contributed by atoms with E-state index in [9.17, 15) is 14.7 Å². The quantitative estimate of drug-likeness (QED) is 0.724. The fourth-order valence-electron chi connectivity index (χ4n) is 2.78. The number of aliphatic carboxylic acids is 1. The first-order valence-electron chi connectivity index (χ1n) is 6.16. The molecule has 0 heterocycles. The Morgan fingerprint density at radius 3 is 2.44 bits per heavy atom. The molecule has 1 saturated carbocycles. The van der Waals surface area contributed by atoms with Gasteiger partial charge in [0.1, 0.15) is 5.60 Å². The Bertz CT molecular complexity index is 396. The highest BCUT2D eigenvalue weighted by Crippen LogP contribution is 2.43. The molecule has 0 aromatic rings. The van der Waals surface area contributed by atoms with Gasteiger partial charge in [0, 0.05) is 17.9 Å². The maximum atomic E-state index is 11.7. The number of alkyl carbamates (subject to hydrolysis) is 1. The molecule has 0 aliphatic heterocycles. The summed E-state index contributed by atoms with van der Waals surface area (Å²) in [7, 11) is 0. The van der Waals surface area contributed by atoms with Crippen molar-refractivity contribution in [2.24, 2.45) is 17.8 Å². The van der Waals surface area contributed by atoms with Crippen molar-refractivity contribution in [2.75, 3.05) is 0 Å². The lowest BCUT2D eigenvalue weighted by Crippen LogP contribution is -2.50. The van der Waals surface area contributed by atoms with Crippen LogP contribution in [-0.4, -0.2) is 23.7 Å². The second-order valence-electron chi connectivity index (χ2n) is 5.97. The zero-order valence-electron chi connectivity index (χ0n) is 10.8. The van der Waals surface area contributed by atoms with E-state index in [4.69, 9.17) is 4.74 Å². The van der Waals surface area contributed by atoms with Crippen molar-refractivity contribution in [3.8, 4) is 0 Å². The van der Waals surface area contributed by atoms with E-state index >= 15 is 0 Å². The maximum Gasteiger partial charge on any atom is 0.407 e. The minimum atomic E-state index is -1.10. The summed E-state index contributed by atoms with van der Waals surface area (Å²) < 4.78 is 5.15. The third-order valence-corrected chi connectivity index (χ3v) is 3.41. The fraction of sp³-hybridized carbons (Fsp3) is 0.692. The number of carbonyl (C=O) groups is 2. The standard InChI is InChI=1S/C13H19NO4/c1-13(2,3)18-12(17)14-10-8-5-4-7(6-8)9(10)11(15)16/h4-5,7-10H,6H2,1-3H3,(H,14,17)(H,15,16)/p-1/t7-,8+,9?,10+/m1/s1. The zero-order chi connectivity index (χ0) is 13.5. The van der Waals surface area contributed by atoms with Gasteiger partial charge in [-0.1, -0.05) is 12.2 Å². The summed E-state index contributed by atoms with van der Waals surface area (Å²) in [5.74, 6) is -1.70. The van der Waals surface area contributed by atoms with Gasteiger partial charge in [-0.05, 0) is 39.0 Å². The Kier molecular flexibility index (Phi) is 3.09. The summed E-state index contributed by atoms with van der Waals surface area (Å²) in [5, 5.41) is 13.8. The molecule has 4 atom stereocenters. The van der Waals surface area contributed by atoms with Gasteiger partial charge < -0.3 is 20.0 Å². The SMILES string of the molecule is CC(C)(C)OC(=O)N[C@@H]1C(C(=O)[O-])[C@@H]2C=C[C@H]1C2. The van der Waals surface area contributed by atoms with Crippen LogP contribution in [0.3, 0.4) is 0 Å². The molecule has 0 spiro atoms. The van der Waals surface area contributed by atoms with Gasteiger partial charge in [0.15, 0.2) is 0 Å². The molecule has 2 aliphatic rings. The molecule has 18 heavy (non-hydrogen) atoms. The third-order valence-electron chi connectivity index (χ3n) is 3.41. The zero-order valence-corrected chi connectivity index (χ0v) is 10.8. The maximum absolute atomic E-state index is 11.7. The summed E-state index contributed by atoms with van der Waals surface area (Å²) in [6.45, 7) is 5.30. The van der Waals surface area contributed by atoms with Crippen molar-refractivity contribution in [1.29, 1.82) is 0 Å². The highest BCUT2D eigenvalue weighted by molar-refractivity contribution is 5.74. The molecular weight excluding hydrogens is 234 g/mol. The summed E-state index contributed by atoms with van der Waals surface area (Å²) in [6, 6.07) is -0.417. The van der Waals surface area contributed by atoms with Crippen LogP contribution in [0.1, 0.15) is 27.2 Å². The predicted molar refractivity (Wildman–Crippen MR) is 62.4 cm³/mol. The van der Waals surface area contributed by atoms with Gasteiger partial charge in [0.2, 0.25) is 0 Å². The molecule has 1 N–H and O–H groups in total. The van der Waals surface area contributed by atoms with Gasteiger partial charge in [-0.25, -0.2) is 4.79 Å². The lowest BCUT2D eigenvalue weighted by atomic mass is 9.89. The van der Waals surface area contributed by atoms with Crippen LogP contribution in [-0.2, 0) is 9.53 Å². The first kappa shape index (κ1) is 12.9. The van der Waals surface area contributed by atoms with Gasteiger partial charge in [0.05, 0.1) is 0 Å². The Hall–Kier alpha value is -1.52. The molecule has 2 rings (SSSR count). The number of carboxylic acids is 1. The number of amides is 1.